The van der Waals surface area contributed by atoms with Crippen molar-refractivity contribution in [2.24, 2.45) is 5.73 Å². The lowest BCUT2D eigenvalue weighted by atomic mass is 9.97. The fraction of sp³-hybridized carbons (Fsp3) is 0.214. The van der Waals surface area contributed by atoms with Gasteiger partial charge in [-0.2, -0.15) is 0 Å². The fourth-order valence-electron chi connectivity index (χ4n) is 1.93. The Balaban J connectivity index is 2.17. The van der Waals surface area contributed by atoms with Gasteiger partial charge in [-0.05, 0) is 48.2 Å². The van der Waals surface area contributed by atoms with Crippen LogP contribution in [0.15, 0.2) is 42.7 Å². The van der Waals surface area contributed by atoms with Gasteiger partial charge in [0.25, 0.3) is 0 Å². The second kappa shape index (κ2) is 5.06. The zero-order valence-corrected chi connectivity index (χ0v) is 9.73. The first-order valence-electron chi connectivity index (χ1n) is 5.57. The summed E-state index contributed by atoms with van der Waals surface area (Å²) in [7, 11) is 0. The number of aryl methyl sites for hydroxylation is 1. The monoisotopic (exact) mass is 230 g/mol. The molecular formula is C14H15FN2. The number of hydrogen-bond acceptors (Lipinski definition) is 2. The molecule has 0 fully saturated rings. The van der Waals surface area contributed by atoms with Gasteiger partial charge in [-0.3, -0.25) is 4.98 Å². The molecule has 1 atom stereocenters. The van der Waals surface area contributed by atoms with Gasteiger partial charge >= 0.3 is 0 Å². The zero-order chi connectivity index (χ0) is 12.3. The van der Waals surface area contributed by atoms with Crippen molar-refractivity contribution < 1.29 is 4.39 Å². The van der Waals surface area contributed by atoms with E-state index in [4.69, 9.17) is 5.73 Å². The molecule has 88 valence electrons. The van der Waals surface area contributed by atoms with Gasteiger partial charge in [-0.1, -0.05) is 12.1 Å². The van der Waals surface area contributed by atoms with Crippen LogP contribution in [0.5, 0.6) is 0 Å². The van der Waals surface area contributed by atoms with Gasteiger partial charge in [0.05, 0.1) is 0 Å². The largest absolute Gasteiger partial charge is 0.324 e. The van der Waals surface area contributed by atoms with Crippen molar-refractivity contribution in [1.29, 1.82) is 0 Å². The zero-order valence-electron chi connectivity index (χ0n) is 9.73. The summed E-state index contributed by atoms with van der Waals surface area (Å²) in [5.41, 5.74) is 9.16. The minimum atomic E-state index is -0.221. The Hall–Kier alpha value is -1.74. The average Bonchev–Trinajstić information content (AvgIpc) is 2.29. The Morgan fingerprint density at radius 1 is 1.35 bits per heavy atom. The molecule has 2 N–H and O–H groups in total. The highest BCUT2D eigenvalue weighted by molar-refractivity contribution is 5.27. The van der Waals surface area contributed by atoms with Crippen LogP contribution >= 0.6 is 0 Å². The Kier molecular flexibility index (Phi) is 3.49. The molecule has 0 aliphatic rings. The van der Waals surface area contributed by atoms with Crippen LogP contribution in [0, 0.1) is 12.7 Å². The van der Waals surface area contributed by atoms with Crippen molar-refractivity contribution >= 4 is 0 Å². The summed E-state index contributed by atoms with van der Waals surface area (Å²) in [6, 6.07) is 8.35. The predicted octanol–water partition coefficient (Wildman–Crippen LogP) is 2.77. The quantitative estimate of drug-likeness (QED) is 0.880. The number of benzene rings is 1. The maximum Gasteiger partial charge on any atom is 0.123 e. The Labute approximate surface area is 100 Å². The van der Waals surface area contributed by atoms with E-state index in [1.807, 2.05) is 19.1 Å². The average molecular weight is 230 g/mol. The molecular weight excluding hydrogens is 215 g/mol. The van der Waals surface area contributed by atoms with Crippen LogP contribution in [0.1, 0.15) is 22.7 Å². The van der Waals surface area contributed by atoms with E-state index in [9.17, 15) is 4.39 Å². The molecule has 17 heavy (non-hydrogen) atoms. The molecule has 1 unspecified atom stereocenters. The highest BCUT2D eigenvalue weighted by Gasteiger charge is 2.09. The van der Waals surface area contributed by atoms with Crippen LogP contribution in [0.3, 0.4) is 0 Å². The third-order valence-corrected chi connectivity index (χ3v) is 2.81. The van der Waals surface area contributed by atoms with E-state index in [1.165, 1.54) is 12.1 Å². The molecule has 0 bridgehead atoms. The molecule has 0 aliphatic heterocycles. The van der Waals surface area contributed by atoms with Crippen LogP contribution in [0.4, 0.5) is 4.39 Å². The summed E-state index contributed by atoms with van der Waals surface area (Å²) in [6.07, 6.45) is 4.15. The van der Waals surface area contributed by atoms with Gasteiger partial charge in [-0.25, -0.2) is 4.39 Å². The van der Waals surface area contributed by atoms with Crippen molar-refractivity contribution in [1.82, 2.24) is 4.98 Å². The maximum absolute atomic E-state index is 13.0. The summed E-state index contributed by atoms with van der Waals surface area (Å²) in [4.78, 5) is 4.03. The third-order valence-electron chi connectivity index (χ3n) is 2.81. The number of rotatable bonds is 3. The van der Waals surface area contributed by atoms with E-state index < -0.39 is 0 Å². The Bertz CT molecular complexity index is 511. The summed E-state index contributed by atoms with van der Waals surface area (Å²) < 4.78 is 13.0. The van der Waals surface area contributed by atoms with Gasteiger partial charge in [0.1, 0.15) is 5.82 Å². The van der Waals surface area contributed by atoms with Crippen LogP contribution in [-0.4, -0.2) is 4.98 Å². The highest BCUT2D eigenvalue weighted by atomic mass is 19.1. The number of nitrogens with two attached hydrogens (primary N) is 1. The summed E-state index contributed by atoms with van der Waals surface area (Å²) in [5, 5.41) is 0. The van der Waals surface area contributed by atoms with Crippen molar-refractivity contribution in [3.05, 3.63) is 65.2 Å². The normalized spacial score (nSPS) is 12.4. The Morgan fingerprint density at radius 2 is 2.18 bits per heavy atom. The minimum absolute atomic E-state index is 0.125. The first-order valence-corrected chi connectivity index (χ1v) is 5.57. The smallest absolute Gasteiger partial charge is 0.123 e. The summed E-state index contributed by atoms with van der Waals surface area (Å²) in [5.74, 6) is -0.221. The van der Waals surface area contributed by atoms with Crippen LogP contribution in [0.2, 0.25) is 0 Å². The number of nitrogens with zero attached hydrogens (tertiary/aromatic N) is 1. The lowest BCUT2D eigenvalue weighted by molar-refractivity contribution is 0.622. The summed E-state index contributed by atoms with van der Waals surface area (Å²) in [6.45, 7) is 1.98. The van der Waals surface area contributed by atoms with Crippen molar-refractivity contribution in [2.75, 3.05) is 0 Å². The molecule has 1 aromatic carbocycles. The minimum Gasteiger partial charge on any atom is -0.324 e. The molecule has 0 spiro atoms. The van der Waals surface area contributed by atoms with Crippen LogP contribution < -0.4 is 5.73 Å². The van der Waals surface area contributed by atoms with E-state index in [2.05, 4.69) is 4.98 Å². The first-order chi connectivity index (χ1) is 8.16. The molecule has 3 heteroatoms. The molecule has 2 aromatic rings. The maximum atomic E-state index is 13.0. The summed E-state index contributed by atoms with van der Waals surface area (Å²) >= 11 is 0. The predicted molar refractivity (Wildman–Crippen MR) is 66.0 cm³/mol. The van der Waals surface area contributed by atoms with E-state index >= 15 is 0 Å². The number of pyridine rings is 1. The molecule has 0 aliphatic carbocycles. The topological polar surface area (TPSA) is 38.9 Å². The number of hydrogen-bond donors (Lipinski definition) is 1. The second-order valence-electron chi connectivity index (χ2n) is 4.17. The molecule has 1 heterocycles. The molecule has 0 radical (unpaired) electrons. The first kappa shape index (κ1) is 11.7. The SMILES string of the molecule is Cc1cnccc1C(N)Cc1cccc(F)c1. The highest BCUT2D eigenvalue weighted by Crippen LogP contribution is 2.18. The molecule has 0 amide bonds. The van der Waals surface area contributed by atoms with Gasteiger partial charge in [0, 0.05) is 18.4 Å². The van der Waals surface area contributed by atoms with Crippen molar-refractivity contribution in [3.8, 4) is 0 Å². The van der Waals surface area contributed by atoms with E-state index in [-0.39, 0.29) is 11.9 Å². The number of aromatic nitrogens is 1. The van der Waals surface area contributed by atoms with Crippen molar-refractivity contribution in [2.45, 2.75) is 19.4 Å². The Morgan fingerprint density at radius 3 is 2.88 bits per heavy atom. The molecule has 2 rings (SSSR count). The van der Waals surface area contributed by atoms with Crippen molar-refractivity contribution in [3.63, 3.8) is 0 Å². The standard InChI is InChI=1S/C14H15FN2/c1-10-9-17-6-5-13(10)14(16)8-11-3-2-4-12(15)7-11/h2-7,9,14H,8,16H2,1H3. The lowest BCUT2D eigenvalue weighted by Gasteiger charge is -2.14. The second-order valence-corrected chi connectivity index (χ2v) is 4.17. The molecule has 2 nitrogen and oxygen atoms in total. The van der Waals surface area contributed by atoms with Gasteiger partial charge < -0.3 is 5.73 Å². The number of halogens is 1. The van der Waals surface area contributed by atoms with Crippen LogP contribution in [-0.2, 0) is 6.42 Å². The van der Waals surface area contributed by atoms with Crippen LogP contribution in [0.25, 0.3) is 0 Å². The lowest BCUT2D eigenvalue weighted by Crippen LogP contribution is -2.14. The van der Waals surface area contributed by atoms with E-state index in [1.54, 1.807) is 18.5 Å². The fourth-order valence-corrected chi connectivity index (χ4v) is 1.93. The van der Waals surface area contributed by atoms with E-state index in [0.29, 0.717) is 6.42 Å². The molecule has 1 aromatic heterocycles. The van der Waals surface area contributed by atoms with Gasteiger partial charge in [0.15, 0.2) is 0 Å². The van der Waals surface area contributed by atoms with Gasteiger partial charge in [0.2, 0.25) is 0 Å². The third kappa shape index (κ3) is 2.88. The van der Waals surface area contributed by atoms with E-state index in [0.717, 1.165) is 16.7 Å². The molecule has 0 saturated carbocycles. The molecule has 0 saturated heterocycles. The van der Waals surface area contributed by atoms with Gasteiger partial charge in [-0.15, -0.1) is 0 Å².